The largest absolute Gasteiger partial charge is 0.481 e. The van der Waals surface area contributed by atoms with Crippen molar-refractivity contribution in [2.45, 2.75) is 39.2 Å². The maximum absolute atomic E-state index is 12.5. The van der Waals surface area contributed by atoms with Crippen LogP contribution >= 0.6 is 0 Å². The lowest BCUT2D eigenvalue weighted by molar-refractivity contribution is -0.122. The first-order valence-electron chi connectivity index (χ1n) is 10.6. The molecule has 3 aromatic rings. The normalized spacial score (nSPS) is 11.4. The van der Waals surface area contributed by atoms with Gasteiger partial charge in [-0.25, -0.2) is 0 Å². The fourth-order valence-electron chi connectivity index (χ4n) is 3.05. The van der Waals surface area contributed by atoms with Crippen molar-refractivity contribution in [3.8, 4) is 5.75 Å². The molecule has 5 heteroatoms. The number of carbonyl (C=O) groups excluding carboxylic acids is 2. The number of hydrogen-bond acceptors (Lipinski definition) is 3. The van der Waals surface area contributed by atoms with Crippen molar-refractivity contribution in [1.82, 2.24) is 0 Å². The fraction of sp³-hybridized carbons (Fsp3) is 0.231. The number of para-hydroxylation sites is 1. The van der Waals surface area contributed by atoms with Crippen LogP contribution in [0.2, 0.25) is 0 Å². The number of rotatable bonds is 9. The molecule has 0 aliphatic rings. The van der Waals surface area contributed by atoms with Gasteiger partial charge in [-0.2, -0.15) is 0 Å². The van der Waals surface area contributed by atoms with E-state index in [0.717, 1.165) is 24.9 Å². The van der Waals surface area contributed by atoms with Crippen molar-refractivity contribution in [2.24, 2.45) is 0 Å². The highest BCUT2D eigenvalue weighted by Gasteiger charge is 2.15. The highest BCUT2D eigenvalue weighted by Crippen LogP contribution is 2.17. The summed E-state index contributed by atoms with van der Waals surface area (Å²) in [5.41, 5.74) is 3.26. The van der Waals surface area contributed by atoms with Crippen LogP contribution in [0, 0.1) is 0 Å². The zero-order valence-electron chi connectivity index (χ0n) is 17.9. The lowest BCUT2D eigenvalue weighted by Gasteiger charge is -2.15. The second-order valence-electron chi connectivity index (χ2n) is 7.39. The lowest BCUT2D eigenvalue weighted by atomic mass is 10.1. The zero-order chi connectivity index (χ0) is 22.1. The van der Waals surface area contributed by atoms with E-state index < -0.39 is 6.10 Å². The quantitative estimate of drug-likeness (QED) is 0.471. The van der Waals surface area contributed by atoms with Gasteiger partial charge in [-0.05, 0) is 73.9 Å². The Hall–Kier alpha value is -3.60. The van der Waals surface area contributed by atoms with Crippen molar-refractivity contribution in [3.63, 3.8) is 0 Å². The lowest BCUT2D eigenvalue weighted by Crippen LogP contribution is -2.30. The van der Waals surface area contributed by atoms with Crippen LogP contribution in [-0.2, 0) is 11.2 Å². The number of aryl methyl sites for hydroxylation is 1. The predicted octanol–water partition coefficient (Wildman–Crippen LogP) is 5.69. The minimum atomic E-state index is -0.675. The van der Waals surface area contributed by atoms with E-state index in [-0.39, 0.29) is 11.8 Å². The summed E-state index contributed by atoms with van der Waals surface area (Å²) in [7, 11) is 0. The molecule has 5 nitrogen and oxygen atoms in total. The summed E-state index contributed by atoms with van der Waals surface area (Å²) in [5.74, 6) is 0.0886. The van der Waals surface area contributed by atoms with E-state index in [1.807, 2.05) is 54.6 Å². The van der Waals surface area contributed by atoms with E-state index in [2.05, 4.69) is 17.6 Å². The summed E-state index contributed by atoms with van der Waals surface area (Å²) in [5, 5.41) is 5.71. The molecule has 0 heterocycles. The second kappa shape index (κ2) is 11.0. The Morgan fingerprint density at radius 1 is 0.839 bits per heavy atom. The zero-order valence-corrected chi connectivity index (χ0v) is 17.9. The number of carbonyl (C=O) groups is 2. The molecule has 2 N–H and O–H groups in total. The fourth-order valence-corrected chi connectivity index (χ4v) is 3.05. The maximum atomic E-state index is 12.5. The van der Waals surface area contributed by atoms with E-state index in [4.69, 9.17) is 4.74 Å². The van der Waals surface area contributed by atoms with Crippen molar-refractivity contribution >= 4 is 23.2 Å². The van der Waals surface area contributed by atoms with Crippen LogP contribution in [0.15, 0.2) is 78.9 Å². The first-order valence-corrected chi connectivity index (χ1v) is 10.6. The molecule has 1 atom stereocenters. The third kappa shape index (κ3) is 6.71. The Kier molecular flexibility index (Phi) is 7.82. The van der Waals surface area contributed by atoms with Gasteiger partial charge >= 0.3 is 0 Å². The minimum Gasteiger partial charge on any atom is -0.481 e. The molecular weight excluding hydrogens is 388 g/mol. The molecule has 3 aromatic carbocycles. The van der Waals surface area contributed by atoms with Crippen LogP contribution in [0.1, 0.15) is 42.6 Å². The summed E-state index contributed by atoms with van der Waals surface area (Å²) < 4.78 is 5.70. The van der Waals surface area contributed by atoms with Gasteiger partial charge in [0, 0.05) is 16.9 Å². The Morgan fingerprint density at radius 2 is 1.48 bits per heavy atom. The van der Waals surface area contributed by atoms with E-state index in [0.29, 0.717) is 17.0 Å². The van der Waals surface area contributed by atoms with Crippen LogP contribution in [-0.4, -0.2) is 17.9 Å². The molecule has 0 unspecified atom stereocenters. The first kappa shape index (κ1) is 22.1. The van der Waals surface area contributed by atoms with Crippen molar-refractivity contribution in [1.29, 1.82) is 0 Å². The van der Waals surface area contributed by atoms with Gasteiger partial charge in [0.2, 0.25) is 0 Å². The van der Waals surface area contributed by atoms with Gasteiger partial charge < -0.3 is 15.4 Å². The Labute approximate surface area is 183 Å². The molecule has 0 fully saturated rings. The molecule has 0 aliphatic heterocycles. The number of hydrogen-bond donors (Lipinski definition) is 2. The van der Waals surface area contributed by atoms with Gasteiger partial charge in [0.15, 0.2) is 6.10 Å². The van der Waals surface area contributed by atoms with E-state index >= 15 is 0 Å². The summed E-state index contributed by atoms with van der Waals surface area (Å²) in [6.07, 6.45) is 2.70. The van der Waals surface area contributed by atoms with Gasteiger partial charge in [0.05, 0.1) is 0 Å². The van der Waals surface area contributed by atoms with Crippen LogP contribution in [0.25, 0.3) is 0 Å². The van der Waals surface area contributed by atoms with Crippen molar-refractivity contribution in [3.05, 3.63) is 90.0 Å². The van der Waals surface area contributed by atoms with Crippen LogP contribution in [0.5, 0.6) is 5.75 Å². The number of amides is 2. The highest BCUT2D eigenvalue weighted by atomic mass is 16.5. The minimum absolute atomic E-state index is 0.192. The van der Waals surface area contributed by atoms with Crippen molar-refractivity contribution in [2.75, 3.05) is 10.6 Å². The number of anilines is 2. The molecular formula is C26H28N2O3. The molecule has 0 saturated carbocycles. The number of ether oxygens (including phenoxy) is 1. The second-order valence-corrected chi connectivity index (χ2v) is 7.39. The van der Waals surface area contributed by atoms with E-state index in [1.54, 1.807) is 31.2 Å². The Bertz CT molecular complexity index is 983. The summed E-state index contributed by atoms with van der Waals surface area (Å²) in [6, 6.07) is 23.9. The summed E-state index contributed by atoms with van der Waals surface area (Å²) in [6.45, 7) is 3.86. The molecule has 0 aliphatic carbocycles. The maximum Gasteiger partial charge on any atom is 0.265 e. The van der Waals surface area contributed by atoms with Gasteiger partial charge in [-0.1, -0.05) is 43.7 Å². The predicted molar refractivity (Wildman–Crippen MR) is 125 cm³/mol. The molecule has 160 valence electrons. The summed E-state index contributed by atoms with van der Waals surface area (Å²) >= 11 is 0. The monoisotopic (exact) mass is 416 g/mol. The molecule has 0 spiro atoms. The third-order valence-corrected chi connectivity index (χ3v) is 4.87. The van der Waals surface area contributed by atoms with E-state index in [1.165, 1.54) is 5.56 Å². The SMILES string of the molecule is CCCCc1ccc(NC(=O)c2ccc(O[C@H](C)C(=O)Nc3ccccc3)cc2)cc1. The average molecular weight is 417 g/mol. The van der Waals surface area contributed by atoms with E-state index in [9.17, 15) is 9.59 Å². The van der Waals surface area contributed by atoms with Crippen LogP contribution < -0.4 is 15.4 Å². The van der Waals surface area contributed by atoms with Crippen LogP contribution in [0.3, 0.4) is 0 Å². The van der Waals surface area contributed by atoms with Crippen LogP contribution in [0.4, 0.5) is 11.4 Å². The van der Waals surface area contributed by atoms with Crippen molar-refractivity contribution < 1.29 is 14.3 Å². The van der Waals surface area contributed by atoms with Gasteiger partial charge in [0.1, 0.15) is 5.75 Å². The molecule has 0 saturated heterocycles. The molecule has 0 aromatic heterocycles. The number of nitrogens with one attached hydrogen (secondary N) is 2. The third-order valence-electron chi connectivity index (χ3n) is 4.87. The van der Waals surface area contributed by atoms with Gasteiger partial charge in [-0.3, -0.25) is 9.59 Å². The highest BCUT2D eigenvalue weighted by molar-refractivity contribution is 6.04. The molecule has 0 radical (unpaired) electrons. The molecule has 0 bridgehead atoms. The Balaban J connectivity index is 1.53. The molecule has 2 amide bonds. The smallest absolute Gasteiger partial charge is 0.265 e. The molecule has 31 heavy (non-hydrogen) atoms. The standard InChI is InChI=1S/C26H28N2O3/c1-3-4-8-20-11-15-23(16-12-20)28-26(30)21-13-17-24(18-14-21)31-19(2)25(29)27-22-9-6-5-7-10-22/h5-7,9-19H,3-4,8H2,1-2H3,(H,27,29)(H,28,30)/t19-/m1/s1. The average Bonchev–Trinajstić information content (AvgIpc) is 2.79. The number of benzene rings is 3. The molecule has 3 rings (SSSR count). The van der Waals surface area contributed by atoms with Gasteiger partial charge in [0.25, 0.3) is 11.8 Å². The summed E-state index contributed by atoms with van der Waals surface area (Å²) in [4.78, 5) is 24.8. The topological polar surface area (TPSA) is 67.4 Å². The Morgan fingerprint density at radius 3 is 2.13 bits per heavy atom. The van der Waals surface area contributed by atoms with Gasteiger partial charge in [-0.15, -0.1) is 0 Å². The number of unbranched alkanes of at least 4 members (excludes halogenated alkanes) is 1. The first-order chi connectivity index (χ1) is 15.0.